The quantitative estimate of drug-likeness (QED) is 0.451. The lowest BCUT2D eigenvalue weighted by atomic mass is 10.1. The van der Waals surface area contributed by atoms with Crippen LogP contribution in [-0.4, -0.2) is 18.4 Å². The van der Waals surface area contributed by atoms with Crippen LogP contribution in [0.1, 0.15) is 11.1 Å². The lowest BCUT2D eigenvalue weighted by Crippen LogP contribution is -1.98. The lowest BCUT2D eigenvalue weighted by molar-refractivity contribution is 0.306. The van der Waals surface area contributed by atoms with Crippen LogP contribution in [0.25, 0.3) is 10.9 Å². The molecule has 0 atom stereocenters. The first-order valence-corrected chi connectivity index (χ1v) is 10.4. The van der Waals surface area contributed by atoms with Gasteiger partial charge in [-0.15, -0.1) is 0 Å². The molecule has 0 amide bonds. The van der Waals surface area contributed by atoms with Gasteiger partial charge in [0.1, 0.15) is 35.2 Å². The Bertz CT molecular complexity index is 1190. The van der Waals surface area contributed by atoms with Crippen LogP contribution in [0.5, 0.6) is 5.75 Å². The first-order chi connectivity index (χ1) is 14.2. The van der Waals surface area contributed by atoms with Gasteiger partial charge in [0.2, 0.25) is 0 Å². The van der Waals surface area contributed by atoms with Crippen molar-refractivity contribution in [3.63, 3.8) is 0 Å². The minimum atomic E-state index is -2.49. The third-order valence-corrected chi connectivity index (χ3v) is 5.00. The fraction of sp³-hybridized carbons (Fsp3) is 0.0909. The number of hydrogen-bond donors (Lipinski definition) is 2. The Morgan fingerprint density at radius 2 is 1.66 bits per heavy atom. The molecule has 7 heteroatoms. The molecule has 4 aromatic rings. The number of ether oxygens (including phenoxy) is 1. The van der Waals surface area contributed by atoms with E-state index in [2.05, 4.69) is 15.3 Å². The summed E-state index contributed by atoms with van der Waals surface area (Å²) in [5, 5.41) is 4.04. The van der Waals surface area contributed by atoms with Gasteiger partial charge in [0.15, 0.2) is 0 Å². The van der Waals surface area contributed by atoms with E-state index in [1.807, 2.05) is 54.6 Å². The number of anilines is 2. The summed E-state index contributed by atoms with van der Waals surface area (Å²) in [5.41, 5.74) is 3.40. The van der Waals surface area contributed by atoms with Crippen molar-refractivity contribution in [2.45, 2.75) is 12.4 Å². The molecule has 3 aromatic carbocycles. The predicted molar refractivity (Wildman–Crippen MR) is 114 cm³/mol. The number of rotatable bonds is 7. The monoisotopic (exact) mass is 405 g/mol. The Balaban J connectivity index is 1.50. The smallest absolute Gasteiger partial charge is 0.144 e. The summed E-state index contributed by atoms with van der Waals surface area (Å²) >= 11 is 0. The molecule has 0 saturated carbocycles. The highest BCUT2D eigenvalue weighted by molar-refractivity contribution is 7.71. The van der Waals surface area contributed by atoms with E-state index in [1.54, 1.807) is 18.2 Å². The van der Waals surface area contributed by atoms with Crippen molar-refractivity contribution in [2.75, 3.05) is 5.32 Å². The number of fused-ring (bicyclic) bond motifs is 1. The second-order valence-electron chi connectivity index (χ2n) is 6.49. The maximum absolute atomic E-state index is 11.0. The summed E-state index contributed by atoms with van der Waals surface area (Å²) in [6.45, 7) is 0.509. The Morgan fingerprint density at radius 1 is 0.862 bits per heavy atom. The maximum atomic E-state index is 11.0. The number of hydrogen-bond acceptors (Lipinski definition) is 6. The van der Waals surface area contributed by atoms with Gasteiger partial charge in [-0.3, -0.25) is 0 Å². The van der Waals surface area contributed by atoms with Crippen LogP contribution in [0, 0.1) is 0 Å². The zero-order valence-electron chi connectivity index (χ0n) is 15.5. The van der Waals surface area contributed by atoms with E-state index in [0.717, 1.165) is 27.9 Å². The Morgan fingerprint density at radius 3 is 2.41 bits per heavy atom. The van der Waals surface area contributed by atoms with Gasteiger partial charge < -0.3 is 10.1 Å². The summed E-state index contributed by atoms with van der Waals surface area (Å²) in [6.07, 6.45) is 1.48. The highest BCUT2D eigenvalue weighted by atomic mass is 32.2. The SMILES string of the molecule is O=[SH](=O)Cc1ccc2ncnc(Nc3ccc(OCc4ccccc4)cc3)c2c1. The van der Waals surface area contributed by atoms with Crippen molar-refractivity contribution in [1.82, 2.24) is 9.97 Å². The number of nitrogens with one attached hydrogen (secondary N) is 1. The Hall–Kier alpha value is -3.45. The second kappa shape index (κ2) is 8.70. The normalized spacial score (nSPS) is 10.9. The Kier molecular flexibility index (Phi) is 5.67. The standard InChI is InChI=1S/C22H19N3O3S/c26-29(27)14-17-6-11-21-20(12-17)22(24-15-23-21)25-18-7-9-19(10-8-18)28-13-16-4-2-1-3-5-16/h1-12,15,29H,13-14H2,(H,23,24,25). The topological polar surface area (TPSA) is 81.2 Å². The van der Waals surface area contributed by atoms with Crippen LogP contribution in [0.4, 0.5) is 11.5 Å². The molecule has 0 radical (unpaired) electrons. The first-order valence-electron chi connectivity index (χ1n) is 9.06. The summed E-state index contributed by atoms with van der Waals surface area (Å²) in [4.78, 5) is 8.57. The molecule has 0 fully saturated rings. The molecule has 0 aliphatic heterocycles. The van der Waals surface area contributed by atoms with Crippen LogP contribution in [0.2, 0.25) is 0 Å². The van der Waals surface area contributed by atoms with Crippen molar-refractivity contribution >= 4 is 33.1 Å². The molecule has 1 N–H and O–H groups in total. The van der Waals surface area contributed by atoms with Crippen molar-refractivity contribution in [2.24, 2.45) is 0 Å². The van der Waals surface area contributed by atoms with E-state index in [1.165, 1.54) is 6.33 Å². The number of benzene rings is 3. The third kappa shape index (κ3) is 4.89. The minimum absolute atomic E-state index is 0.00689. The van der Waals surface area contributed by atoms with Crippen LogP contribution in [-0.2, 0) is 23.1 Å². The van der Waals surface area contributed by atoms with E-state index < -0.39 is 10.7 Å². The molecule has 0 spiro atoms. The van der Waals surface area contributed by atoms with Gasteiger partial charge in [0.25, 0.3) is 0 Å². The lowest BCUT2D eigenvalue weighted by Gasteiger charge is -2.11. The van der Waals surface area contributed by atoms with Gasteiger partial charge in [0, 0.05) is 11.1 Å². The van der Waals surface area contributed by atoms with E-state index in [9.17, 15) is 8.42 Å². The molecule has 0 bridgehead atoms. The third-order valence-electron chi connectivity index (χ3n) is 4.38. The summed E-state index contributed by atoms with van der Waals surface area (Å²) in [7, 11) is -2.49. The number of aromatic nitrogens is 2. The van der Waals surface area contributed by atoms with Gasteiger partial charge in [-0.1, -0.05) is 36.4 Å². The fourth-order valence-corrected chi connectivity index (χ4v) is 3.46. The van der Waals surface area contributed by atoms with Gasteiger partial charge in [0.05, 0.1) is 11.3 Å². The molecule has 0 aliphatic rings. The van der Waals surface area contributed by atoms with Crippen molar-refractivity contribution in [3.05, 3.63) is 90.3 Å². The zero-order chi connectivity index (χ0) is 20.1. The number of thiol groups is 1. The number of nitrogens with zero attached hydrogens (tertiary/aromatic N) is 2. The van der Waals surface area contributed by atoms with Crippen LogP contribution in [0.15, 0.2) is 79.1 Å². The maximum Gasteiger partial charge on any atom is 0.144 e. The van der Waals surface area contributed by atoms with Gasteiger partial charge in [-0.05, 0) is 47.5 Å². The average molecular weight is 405 g/mol. The molecule has 29 heavy (non-hydrogen) atoms. The fourth-order valence-electron chi connectivity index (χ4n) is 2.96. The molecule has 0 saturated heterocycles. The van der Waals surface area contributed by atoms with Crippen LogP contribution in [0.3, 0.4) is 0 Å². The molecule has 1 heterocycles. The van der Waals surface area contributed by atoms with E-state index in [0.29, 0.717) is 18.0 Å². The average Bonchev–Trinajstić information content (AvgIpc) is 2.74. The van der Waals surface area contributed by atoms with Crippen molar-refractivity contribution in [1.29, 1.82) is 0 Å². The van der Waals surface area contributed by atoms with Crippen LogP contribution < -0.4 is 10.1 Å². The molecular formula is C22H19N3O3S. The van der Waals surface area contributed by atoms with Gasteiger partial charge >= 0.3 is 0 Å². The summed E-state index contributed by atoms with van der Waals surface area (Å²) < 4.78 is 27.9. The molecule has 0 aliphatic carbocycles. The largest absolute Gasteiger partial charge is 0.489 e. The highest BCUT2D eigenvalue weighted by Gasteiger charge is 2.07. The molecular weight excluding hydrogens is 386 g/mol. The minimum Gasteiger partial charge on any atom is -0.489 e. The van der Waals surface area contributed by atoms with E-state index in [-0.39, 0.29) is 5.75 Å². The molecule has 0 unspecified atom stereocenters. The van der Waals surface area contributed by atoms with Crippen molar-refractivity contribution in [3.8, 4) is 5.75 Å². The van der Waals surface area contributed by atoms with E-state index in [4.69, 9.17) is 4.74 Å². The van der Waals surface area contributed by atoms with Gasteiger partial charge in [-0.2, -0.15) is 0 Å². The first kappa shape index (κ1) is 18.9. The summed E-state index contributed by atoms with van der Waals surface area (Å²) in [6, 6.07) is 23.0. The second-order valence-corrected chi connectivity index (χ2v) is 7.47. The van der Waals surface area contributed by atoms with Crippen LogP contribution >= 0.6 is 0 Å². The summed E-state index contributed by atoms with van der Waals surface area (Å²) in [5.74, 6) is 1.39. The molecule has 1 aromatic heterocycles. The molecule has 146 valence electrons. The molecule has 6 nitrogen and oxygen atoms in total. The zero-order valence-corrected chi connectivity index (χ0v) is 16.4. The van der Waals surface area contributed by atoms with Gasteiger partial charge in [-0.25, -0.2) is 18.4 Å². The molecule has 4 rings (SSSR count). The highest BCUT2D eigenvalue weighted by Crippen LogP contribution is 2.25. The van der Waals surface area contributed by atoms with E-state index >= 15 is 0 Å². The van der Waals surface area contributed by atoms with Crippen molar-refractivity contribution < 1.29 is 13.2 Å². The predicted octanol–water partition coefficient (Wildman–Crippen LogP) is 4.06. The Labute approximate surface area is 170 Å².